The smallest absolute Gasteiger partial charge is 0.419 e. The van der Waals surface area contributed by atoms with Gasteiger partial charge in [0, 0.05) is 24.2 Å². The Balaban J connectivity index is 1.71. The number of piperidine rings is 1. The molecule has 0 aliphatic carbocycles. The van der Waals surface area contributed by atoms with Crippen molar-refractivity contribution in [2.45, 2.75) is 25.6 Å². The number of hydrogen-bond donors (Lipinski definition) is 4. The predicted molar refractivity (Wildman–Crippen MR) is 94.3 cm³/mol. The number of aromatic hydroxyl groups is 1. The van der Waals surface area contributed by atoms with Gasteiger partial charge in [-0.2, -0.15) is 13.2 Å². The van der Waals surface area contributed by atoms with Crippen LogP contribution in [0.2, 0.25) is 0 Å². The third kappa shape index (κ3) is 4.48. The number of hydrogen-bond acceptors (Lipinski definition) is 6. The number of aromatic nitrogens is 2. The van der Waals surface area contributed by atoms with Crippen molar-refractivity contribution in [3.05, 3.63) is 35.4 Å². The summed E-state index contributed by atoms with van der Waals surface area (Å²) in [4.78, 5) is 0. The summed E-state index contributed by atoms with van der Waals surface area (Å²) >= 11 is 0. The average Bonchev–Trinajstić information content (AvgIpc) is 2.62. The number of anilines is 1. The first-order chi connectivity index (χ1) is 12.8. The summed E-state index contributed by atoms with van der Waals surface area (Å²) in [7, 11) is 0. The van der Waals surface area contributed by atoms with Crippen LogP contribution in [0.25, 0.3) is 11.3 Å². The topological polar surface area (TPSA) is 90.3 Å². The molecule has 146 valence electrons. The van der Waals surface area contributed by atoms with Gasteiger partial charge in [0.15, 0.2) is 0 Å². The van der Waals surface area contributed by atoms with E-state index >= 15 is 0 Å². The number of aliphatic hydroxyl groups excluding tert-OH is 1. The first kappa shape index (κ1) is 19.4. The quantitative estimate of drug-likeness (QED) is 0.650. The highest BCUT2D eigenvalue weighted by Crippen LogP contribution is 2.40. The van der Waals surface area contributed by atoms with E-state index in [-0.39, 0.29) is 17.6 Å². The second-order valence-corrected chi connectivity index (χ2v) is 6.73. The molecule has 6 nitrogen and oxygen atoms in total. The third-order valence-electron chi connectivity index (χ3n) is 4.67. The van der Waals surface area contributed by atoms with Crippen molar-refractivity contribution in [2.75, 3.05) is 25.0 Å². The van der Waals surface area contributed by atoms with Gasteiger partial charge in [0.25, 0.3) is 0 Å². The van der Waals surface area contributed by atoms with Crippen LogP contribution in [0, 0.1) is 12.8 Å². The van der Waals surface area contributed by atoms with Crippen molar-refractivity contribution in [1.82, 2.24) is 15.5 Å². The molecule has 0 saturated carbocycles. The van der Waals surface area contributed by atoms with Crippen LogP contribution in [0.4, 0.5) is 19.0 Å². The number of β-amino-alcohol motifs (C(OH)–C–C–N with tert-alkyl or cyclic N) is 1. The second-order valence-electron chi connectivity index (χ2n) is 6.73. The summed E-state index contributed by atoms with van der Waals surface area (Å²) in [5.74, 6) is 0.00397. The first-order valence-corrected chi connectivity index (χ1v) is 8.62. The number of aliphatic hydroxyl groups is 1. The molecule has 0 amide bonds. The van der Waals surface area contributed by atoms with Gasteiger partial charge in [0.05, 0.1) is 17.4 Å². The molecule has 0 radical (unpaired) electrons. The fraction of sp³-hybridized carbons (Fsp3) is 0.444. The van der Waals surface area contributed by atoms with Crippen LogP contribution in [-0.2, 0) is 6.18 Å². The fourth-order valence-corrected chi connectivity index (χ4v) is 3.19. The van der Waals surface area contributed by atoms with Crippen LogP contribution in [0.3, 0.4) is 0 Å². The lowest BCUT2D eigenvalue weighted by molar-refractivity contribution is -0.138. The molecule has 1 aliphatic rings. The zero-order valence-corrected chi connectivity index (χ0v) is 14.7. The zero-order valence-electron chi connectivity index (χ0n) is 14.7. The van der Waals surface area contributed by atoms with E-state index in [0.717, 1.165) is 12.6 Å². The van der Waals surface area contributed by atoms with Crippen molar-refractivity contribution < 1.29 is 23.4 Å². The van der Waals surface area contributed by atoms with E-state index in [1.165, 1.54) is 13.0 Å². The van der Waals surface area contributed by atoms with Crippen molar-refractivity contribution in [3.63, 3.8) is 0 Å². The lowest BCUT2D eigenvalue weighted by Crippen LogP contribution is -2.41. The van der Waals surface area contributed by atoms with E-state index in [4.69, 9.17) is 0 Å². The molecular formula is C18H21F3N4O2. The van der Waals surface area contributed by atoms with E-state index in [9.17, 15) is 23.4 Å². The molecule has 2 heterocycles. The van der Waals surface area contributed by atoms with Crippen molar-refractivity contribution in [3.8, 4) is 17.0 Å². The van der Waals surface area contributed by atoms with Crippen LogP contribution in [0.15, 0.2) is 24.3 Å². The number of halogens is 3. The molecule has 9 heteroatoms. The molecule has 1 saturated heterocycles. The monoisotopic (exact) mass is 382 g/mol. The van der Waals surface area contributed by atoms with Gasteiger partial charge in [-0.05, 0) is 44.0 Å². The maximum Gasteiger partial charge on any atom is 0.419 e. The van der Waals surface area contributed by atoms with Gasteiger partial charge in [-0.1, -0.05) is 6.07 Å². The largest absolute Gasteiger partial charge is 0.507 e. The van der Waals surface area contributed by atoms with Crippen LogP contribution < -0.4 is 10.6 Å². The van der Waals surface area contributed by atoms with Crippen LogP contribution in [-0.4, -0.2) is 46.1 Å². The second kappa shape index (κ2) is 7.69. The highest BCUT2D eigenvalue weighted by molar-refractivity contribution is 5.68. The van der Waals surface area contributed by atoms with E-state index < -0.39 is 17.5 Å². The van der Waals surface area contributed by atoms with Gasteiger partial charge in [0.2, 0.25) is 0 Å². The minimum atomic E-state index is -4.62. The first-order valence-electron chi connectivity index (χ1n) is 8.62. The number of alkyl halides is 3. The number of nitrogens with one attached hydrogen (secondary N) is 2. The summed E-state index contributed by atoms with van der Waals surface area (Å²) in [6, 6.07) is 5.44. The summed E-state index contributed by atoms with van der Waals surface area (Å²) in [6.45, 7) is 3.44. The van der Waals surface area contributed by atoms with Gasteiger partial charge in [-0.25, -0.2) is 0 Å². The van der Waals surface area contributed by atoms with Crippen molar-refractivity contribution >= 4 is 5.82 Å². The predicted octanol–water partition coefficient (Wildman–Crippen LogP) is 2.56. The van der Waals surface area contributed by atoms with Gasteiger partial charge in [0.1, 0.15) is 11.6 Å². The van der Waals surface area contributed by atoms with Crippen LogP contribution in [0.1, 0.15) is 17.5 Å². The van der Waals surface area contributed by atoms with Crippen molar-refractivity contribution in [2.24, 2.45) is 5.92 Å². The lowest BCUT2D eigenvalue weighted by Gasteiger charge is -2.27. The summed E-state index contributed by atoms with van der Waals surface area (Å²) in [5, 5.41) is 33.9. The molecule has 0 spiro atoms. The molecule has 27 heavy (non-hydrogen) atoms. The Morgan fingerprint density at radius 3 is 2.59 bits per heavy atom. The Bertz CT molecular complexity index is 796. The van der Waals surface area contributed by atoms with Gasteiger partial charge in [-0.15, -0.1) is 10.2 Å². The van der Waals surface area contributed by atoms with Gasteiger partial charge >= 0.3 is 6.18 Å². The molecule has 0 bridgehead atoms. The Labute approximate surface area is 154 Å². The molecule has 4 N–H and O–H groups in total. The minimum absolute atomic E-state index is 0.0992. The van der Waals surface area contributed by atoms with Gasteiger partial charge < -0.3 is 20.8 Å². The molecule has 2 atom stereocenters. The maximum absolute atomic E-state index is 12.9. The van der Waals surface area contributed by atoms with Crippen LogP contribution in [0.5, 0.6) is 5.75 Å². The average molecular weight is 382 g/mol. The molecular weight excluding hydrogens is 361 g/mol. The van der Waals surface area contributed by atoms with E-state index in [0.29, 0.717) is 36.6 Å². The molecule has 3 rings (SSSR count). The molecule has 2 aromatic rings. The number of rotatable bonds is 4. The SMILES string of the molecule is Cc1c(-c2ccc(NC[C@@H]3CNC[C@@H](O)C3)nn2)ccc(C(F)(F)F)c1O. The van der Waals surface area contributed by atoms with E-state index in [2.05, 4.69) is 20.8 Å². The Kier molecular flexibility index (Phi) is 5.52. The summed E-state index contributed by atoms with van der Waals surface area (Å²) in [6.07, 6.45) is -4.27. The van der Waals surface area contributed by atoms with Gasteiger partial charge in [-0.3, -0.25) is 0 Å². The molecule has 0 unspecified atom stereocenters. The fourth-order valence-electron chi connectivity index (χ4n) is 3.19. The molecule has 1 aliphatic heterocycles. The number of benzene rings is 1. The summed E-state index contributed by atoms with van der Waals surface area (Å²) < 4.78 is 38.6. The lowest BCUT2D eigenvalue weighted by atomic mass is 9.97. The van der Waals surface area contributed by atoms with E-state index in [1.54, 1.807) is 12.1 Å². The number of nitrogens with zero attached hydrogens (tertiary/aromatic N) is 2. The normalized spacial score (nSPS) is 20.5. The summed E-state index contributed by atoms with van der Waals surface area (Å²) in [5.41, 5.74) is -0.212. The Morgan fingerprint density at radius 1 is 1.19 bits per heavy atom. The highest BCUT2D eigenvalue weighted by atomic mass is 19.4. The third-order valence-corrected chi connectivity index (χ3v) is 4.67. The maximum atomic E-state index is 12.9. The molecule has 1 fully saturated rings. The standard InChI is InChI=1S/C18H21F3N4O2/c1-10-13(2-3-14(17(10)27)18(19,20)21)15-4-5-16(25-24-15)23-8-11-6-12(26)9-22-7-11/h2-5,11-12,22,26-27H,6-9H2,1H3,(H,23,25)/t11-,12-/m0/s1. The van der Waals surface area contributed by atoms with E-state index in [1.807, 2.05) is 0 Å². The highest BCUT2D eigenvalue weighted by Gasteiger charge is 2.35. The molecule has 1 aromatic heterocycles. The van der Waals surface area contributed by atoms with Crippen LogP contribution >= 0.6 is 0 Å². The number of phenolic OH excluding ortho intramolecular Hbond substituents is 1. The Hall–Kier alpha value is -2.39. The minimum Gasteiger partial charge on any atom is -0.507 e. The zero-order chi connectivity index (χ0) is 19.6. The number of phenols is 1. The van der Waals surface area contributed by atoms with Crippen molar-refractivity contribution in [1.29, 1.82) is 0 Å². The molecule has 1 aromatic carbocycles. The Morgan fingerprint density at radius 2 is 1.96 bits per heavy atom.